The molecule has 0 aliphatic heterocycles. The summed E-state index contributed by atoms with van der Waals surface area (Å²) in [6, 6.07) is 0.906. The van der Waals surface area contributed by atoms with Gasteiger partial charge in [-0.25, -0.2) is 9.78 Å². The fraction of sp³-hybridized carbons (Fsp3) is 0.222. The number of alkyl halides is 3. The number of urea groups is 1. The quantitative estimate of drug-likeness (QED) is 0.794. The summed E-state index contributed by atoms with van der Waals surface area (Å²) < 4.78 is 36.5. The summed E-state index contributed by atoms with van der Waals surface area (Å²) in [5.41, 5.74) is -0.921. The number of aromatic nitrogens is 1. The van der Waals surface area contributed by atoms with E-state index in [0.29, 0.717) is 6.20 Å². The molecule has 2 N–H and O–H groups in total. The van der Waals surface area contributed by atoms with Crippen molar-refractivity contribution in [3.63, 3.8) is 0 Å². The van der Waals surface area contributed by atoms with Crippen molar-refractivity contribution in [3.8, 4) is 0 Å². The number of imide groups is 1. The number of hydrogen-bond acceptors (Lipinski definition) is 3. The van der Waals surface area contributed by atoms with Crippen molar-refractivity contribution in [2.75, 3.05) is 5.32 Å². The maximum Gasteiger partial charge on any atom is 0.417 e. The maximum atomic E-state index is 12.2. The zero-order chi connectivity index (χ0) is 13.1. The molecule has 0 aromatic carbocycles. The third-order valence-corrected chi connectivity index (χ3v) is 1.62. The third kappa shape index (κ3) is 4.09. The smallest absolute Gasteiger partial charge is 0.292 e. The Hall–Kier alpha value is -2.12. The van der Waals surface area contributed by atoms with Crippen molar-refractivity contribution in [2.24, 2.45) is 0 Å². The van der Waals surface area contributed by atoms with Crippen LogP contribution in [0.5, 0.6) is 0 Å². The standard InChI is InChI=1S/C9H8F3N3O2/c1-5(16)14-8(17)15-7-3-2-6(4-13-7)9(10,11)12/h2-4H,1H3,(H2,13,14,15,16,17). The van der Waals surface area contributed by atoms with Crippen LogP contribution in [0.2, 0.25) is 0 Å². The Kier molecular flexibility index (Phi) is 3.66. The summed E-state index contributed by atoms with van der Waals surface area (Å²) in [5.74, 6) is -0.675. The lowest BCUT2D eigenvalue weighted by Gasteiger charge is -2.07. The normalized spacial score (nSPS) is 10.8. The average Bonchev–Trinajstić information content (AvgIpc) is 2.15. The fourth-order valence-electron chi connectivity index (χ4n) is 0.943. The second-order valence-electron chi connectivity index (χ2n) is 3.07. The molecule has 0 atom stereocenters. The van der Waals surface area contributed by atoms with Crippen molar-refractivity contribution < 1.29 is 22.8 Å². The van der Waals surface area contributed by atoms with Crippen LogP contribution in [0.3, 0.4) is 0 Å². The molecule has 0 saturated carbocycles. The Morgan fingerprint density at radius 3 is 2.35 bits per heavy atom. The Balaban J connectivity index is 2.69. The molecule has 17 heavy (non-hydrogen) atoms. The first-order chi connectivity index (χ1) is 7.79. The summed E-state index contributed by atoms with van der Waals surface area (Å²) in [7, 11) is 0. The van der Waals surface area contributed by atoms with Crippen molar-refractivity contribution >= 4 is 17.8 Å². The summed E-state index contributed by atoms with van der Waals surface area (Å²) in [5, 5.41) is 3.99. The highest BCUT2D eigenvalue weighted by Crippen LogP contribution is 2.28. The Labute approximate surface area is 94.0 Å². The second kappa shape index (κ2) is 4.81. The SMILES string of the molecule is CC(=O)NC(=O)Nc1ccc(C(F)(F)F)cn1. The van der Waals surface area contributed by atoms with Gasteiger partial charge in [0.15, 0.2) is 0 Å². The minimum atomic E-state index is -4.48. The van der Waals surface area contributed by atoms with Gasteiger partial charge >= 0.3 is 12.2 Å². The number of carbonyl (C=O) groups is 2. The molecule has 1 aromatic heterocycles. The highest BCUT2D eigenvalue weighted by molar-refractivity contribution is 5.99. The Morgan fingerprint density at radius 1 is 1.29 bits per heavy atom. The molecule has 0 radical (unpaired) electrons. The van der Waals surface area contributed by atoms with E-state index in [9.17, 15) is 22.8 Å². The lowest BCUT2D eigenvalue weighted by molar-refractivity contribution is -0.137. The molecular formula is C9H8F3N3O2. The van der Waals surface area contributed by atoms with Crippen LogP contribution in [0.15, 0.2) is 18.3 Å². The van der Waals surface area contributed by atoms with E-state index in [1.807, 2.05) is 5.32 Å². The molecule has 1 rings (SSSR count). The fourth-order valence-corrected chi connectivity index (χ4v) is 0.943. The predicted octanol–water partition coefficient (Wildman–Crippen LogP) is 1.77. The molecule has 0 bridgehead atoms. The largest absolute Gasteiger partial charge is 0.417 e. The zero-order valence-electron chi connectivity index (χ0n) is 8.63. The van der Waals surface area contributed by atoms with Gasteiger partial charge in [0, 0.05) is 13.1 Å². The summed E-state index contributed by atoms with van der Waals surface area (Å²) in [4.78, 5) is 24.9. The number of rotatable bonds is 1. The lowest BCUT2D eigenvalue weighted by atomic mass is 10.3. The van der Waals surface area contributed by atoms with Gasteiger partial charge in [-0.3, -0.25) is 15.4 Å². The Morgan fingerprint density at radius 2 is 1.94 bits per heavy atom. The van der Waals surface area contributed by atoms with Crippen LogP contribution in [-0.2, 0) is 11.0 Å². The van der Waals surface area contributed by atoms with Gasteiger partial charge in [0.2, 0.25) is 5.91 Å². The minimum Gasteiger partial charge on any atom is -0.292 e. The molecule has 1 aromatic rings. The maximum absolute atomic E-state index is 12.2. The van der Waals surface area contributed by atoms with Crippen LogP contribution in [0.25, 0.3) is 0 Å². The van der Waals surface area contributed by atoms with Gasteiger partial charge in [0.1, 0.15) is 5.82 Å². The first-order valence-electron chi connectivity index (χ1n) is 4.41. The zero-order valence-corrected chi connectivity index (χ0v) is 8.63. The number of nitrogens with one attached hydrogen (secondary N) is 2. The molecular weight excluding hydrogens is 239 g/mol. The number of hydrogen-bond donors (Lipinski definition) is 2. The molecule has 5 nitrogen and oxygen atoms in total. The van der Waals surface area contributed by atoms with Gasteiger partial charge in [-0.1, -0.05) is 0 Å². The van der Waals surface area contributed by atoms with Crippen LogP contribution in [-0.4, -0.2) is 16.9 Å². The van der Waals surface area contributed by atoms with Crippen molar-refractivity contribution in [3.05, 3.63) is 23.9 Å². The van der Waals surface area contributed by atoms with Crippen molar-refractivity contribution in [1.82, 2.24) is 10.3 Å². The van der Waals surface area contributed by atoms with E-state index in [-0.39, 0.29) is 5.82 Å². The van der Waals surface area contributed by atoms with E-state index in [2.05, 4.69) is 10.3 Å². The van der Waals surface area contributed by atoms with Crippen molar-refractivity contribution in [1.29, 1.82) is 0 Å². The number of anilines is 1. The monoisotopic (exact) mass is 247 g/mol. The number of carbonyl (C=O) groups excluding carboxylic acids is 2. The van der Waals surface area contributed by atoms with Gasteiger partial charge in [-0.2, -0.15) is 13.2 Å². The number of nitrogens with zero attached hydrogens (tertiary/aromatic N) is 1. The second-order valence-corrected chi connectivity index (χ2v) is 3.07. The van der Waals surface area contributed by atoms with Crippen LogP contribution in [0, 0.1) is 0 Å². The van der Waals surface area contributed by atoms with Gasteiger partial charge < -0.3 is 0 Å². The van der Waals surface area contributed by atoms with Crippen molar-refractivity contribution in [2.45, 2.75) is 13.1 Å². The van der Waals surface area contributed by atoms with Crippen LogP contribution in [0.4, 0.5) is 23.8 Å². The van der Waals surface area contributed by atoms with E-state index in [0.717, 1.165) is 19.1 Å². The Bertz CT molecular complexity index is 428. The van der Waals surface area contributed by atoms with E-state index in [4.69, 9.17) is 0 Å². The minimum absolute atomic E-state index is 0.0863. The van der Waals surface area contributed by atoms with E-state index >= 15 is 0 Å². The molecule has 1 heterocycles. The molecule has 0 aliphatic carbocycles. The summed E-state index contributed by atoms with van der Waals surface area (Å²) in [6.07, 6.45) is -3.89. The summed E-state index contributed by atoms with van der Waals surface area (Å²) in [6.45, 7) is 1.12. The summed E-state index contributed by atoms with van der Waals surface area (Å²) >= 11 is 0. The molecule has 0 spiro atoms. The number of amides is 3. The topological polar surface area (TPSA) is 71.1 Å². The number of halogens is 3. The number of pyridine rings is 1. The first-order valence-corrected chi connectivity index (χ1v) is 4.41. The molecule has 92 valence electrons. The predicted molar refractivity (Wildman–Crippen MR) is 52.1 cm³/mol. The van der Waals surface area contributed by atoms with E-state index < -0.39 is 23.7 Å². The van der Waals surface area contributed by atoms with E-state index in [1.54, 1.807) is 0 Å². The molecule has 3 amide bonds. The highest BCUT2D eigenvalue weighted by atomic mass is 19.4. The third-order valence-electron chi connectivity index (χ3n) is 1.62. The van der Waals surface area contributed by atoms with Crippen LogP contribution < -0.4 is 10.6 Å². The van der Waals surface area contributed by atoms with Crippen LogP contribution >= 0.6 is 0 Å². The van der Waals surface area contributed by atoms with Gasteiger partial charge in [-0.05, 0) is 12.1 Å². The van der Waals surface area contributed by atoms with Gasteiger partial charge in [0.05, 0.1) is 5.56 Å². The lowest BCUT2D eigenvalue weighted by Crippen LogP contribution is -2.32. The molecule has 8 heteroatoms. The van der Waals surface area contributed by atoms with Gasteiger partial charge in [0.25, 0.3) is 0 Å². The molecule has 0 fully saturated rings. The molecule has 0 unspecified atom stereocenters. The average molecular weight is 247 g/mol. The highest BCUT2D eigenvalue weighted by Gasteiger charge is 2.30. The van der Waals surface area contributed by atoms with E-state index in [1.165, 1.54) is 0 Å². The molecule has 0 aliphatic rings. The first kappa shape index (κ1) is 12.9. The van der Waals surface area contributed by atoms with Crippen LogP contribution in [0.1, 0.15) is 12.5 Å². The molecule has 0 saturated heterocycles. The van der Waals surface area contributed by atoms with Gasteiger partial charge in [-0.15, -0.1) is 0 Å².